The van der Waals surface area contributed by atoms with E-state index >= 15 is 0 Å². The molecule has 0 radical (unpaired) electrons. The van der Waals surface area contributed by atoms with Gasteiger partial charge in [-0.15, -0.1) is 0 Å². The third kappa shape index (κ3) is 3.71. The second kappa shape index (κ2) is 5.47. The number of rotatable bonds is 4. The first-order valence-corrected chi connectivity index (χ1v) is 8.12. The van der Waals surface area contributed by atoms with Crippen LogP contribution in [0.25, 0.3) is 0 Å². The second-order valence-electron chi connectivity index (χ2n) is 5.07. The van der Waals surface area contributed by atoms with Crippen molar-refractivity contribution in [1.82, 2.24) is 10.6 Å². The highest BCUT2D eigenvalue weighted by molar-refractivity contribution is 7.91. The van der Waals surface area contributed by atoms with Gasteiger partial charge < -0.3 is 10.6 Å². The smallest absolute Gasteiger partial charge is 0.150 e. The first-order chi connectivity index (χ1) is 7.66. The van der Waals surface area contributed by atoms with Gasteiger partial charge in [0.2, 0.25) is 0 Å². The fraction of sp³-hybridized carbons (Fsp3) is 1.00. The molecule has 2 unspecified atom stereocenters. The Bertz CT molecular complexity index is 310. The van der Waals surface area contributed by atoms with Gasteiger partial charge in [0, 0.05) is 12.6 Å². The van der Waals surface area contributed by atoms with Crippen LogP contribution in [-0.4, -0.2) is 45.6 Å². The van der Waals surface area contributed by atoms with Gasteiger partial charge in [-0.1, -0.05) is 6.42 Å². The van der Waals surface area contributed by atoms with Crippen molar-refractivity contribution in [2.75, 3.05) is 31.1 Å². The maximum Gasteiger partial charge on any atom is 0.150 e. The van der Waals surface area contributed by atoms with Crippen LogP contribution in [-0.2, 0) is 9.84 Å². The van der Waals surface area contributed by atoms with Crippen molar-refractivity contribution in [2.45, 2.75) is 31.7 Å². The second-order valence-corrected chi connectivity index (χ2v) is 7.30. The zero-order valence-corrected chi connectivity index (χ0v) is 10.6. The van der Waals surface area contributed by atoms with E-state index in [1.54, 1.807) is 0 Å². The molecule has 0 aromatic carbocycles. The minimum Gasteiger partial charge on any atom is -0.315 e. The van der Waals surface area contributed by atoms with Gasteiger partial charge in [0.05, 0.1) is 11.5 Å². The molecule has 16 heavy (non-hydrogen) atoms. The molecule has 2 rings (SSSR count). The van der Waals surface area contributed by atoms with E-state index in [0.717, 1.165) is 26.1 Å². The Morgan fingerprint density at radius 1 is 1.19 bits per heavy atom. The lowest BCUT2D eigenvalue weighted by molar-refractivity contribution is 0.374. The highest BCUT2D eigenvalue weighted by atomic mass is 32.2. The molecular weight excluding hydrogens is 224 g/mol. The summed E-state index contributed by atoms with van der Waals surface area (Å²) in [5.41, 5.74) is 0. The molecule has 5 heteroatoms. The molecule has 0 aliphatic carbocycles. The van der Waals surface area contributed by atoms with Crippen molar-refractivity contribution in [3.8, 4) is 0 Å². The van der Waals surface area contributed by atoms with Crippen molar-refractivity contribution < 1.29 is 8.42 Å². The summed E-state index contributed by atoms with van der Waals surface area (Å²) >= 11 is 0. The Balaban J connectivity index is 1.61. The van der Waals surface area contributed by atoms with Gasteiger partial charge in [-0.2, -0.15) is 0 Å². The Labute approximate surface area is 98.1 Å². The van der Waals surface area contributed by atoms with Crippen LogP contribution in [0.3, 0.4) is 0 Å². The van der Waals surface area contributed by atoms with E-state index in [-0.39, 0.29) is 0 Å². The highest BCUT2D eigenvalue weighted by Crippen LogP contribution is 2.17. The first-order valence-electron chi connectivity index (χ1n) is 6.30. The molecule has 0 saturated carbocycles. The molecule has 2 saturated heterocycles. The molecule has 94 valence electrons. The number of hydrogen-bond acceptors (Lipinski definition) is 4. The summed E-state index contributed by atoms with van der Waals surface area (Å²) in [5, 5.41) is 6.89. The fourth-order valence-electron chi connectivity index (χ4n) is 2.59. The summed E-state index contributed by atoms with van der Waals surface area (Å²) in [6.45, 7) is 2.97. The van der Waals surface area contributed by atoms with E-state index in [1.807, 2.05) is 0 Å². The van der Waals surface area contributed by atoms with Gasteiger partial charge in [-0.05, 0) is 38.3 Å². The molecule has 0 amide bonds. The Morgan fingerprint density at radius 2 is 2.06 bits per heavy atom. The summed E-state index contributed by atoms with van der Waals surface area (Å²) in [6, 6.07) is 0.590. The van der Waals surface area contributed by atoms with Crippen LogP contribution in [0.1, 0.15) is 25.7 Å². The monoisotopic (exact) mass is 246 g/mol. The Morgan fingerprint density at radius 3 is 2.69 bits per heavy atom. The molecular formula is C11H22N2O2S. The van der Waals surface area contributed by atoms with Gasteiger partial charge >= 0.3 is 0 Å². The van der Waals surface area contributed by atoms with E-state index in [9.17, 15) is 8.42 Å². The molecule has 2 aliphatic heterocycles. The summed E-state index contributed by atoms with van der Waals surface area (Å²) in [5.74, 6) is 1.12. The highest BCUT2D eigenvalue weighted by Gasteiger charge is 2.27. The molecule has 2 atom stereocenters. The maximum absolute atomic E-state index is 11.3. The summed E-state index contributed by atoms with van der Waals surface area (Å²) in [7, 11) is -2.71. The zero-order valence-electron chi connectivity index (χ0n) is 9.74. The predicted molar refractivity (Wildman–Crippen MR) is 65.3 cm³/mol. The lowest BCUT2D eigenvalue weighted by atomic mass is 10.0. The fourth-order valence-corrected chi connectivity index (χ4v) is 4.45. The number of sulfone groups is 1. The van der Waals surface area contributed by atoms with Crippen LogP contribution in [0.4, 0.5) is 0 Å². The minimum atomic E-state index is -2.71. The van der Waals surface area contributed by atoms with E-state index < -0.39 is 9.84 Å². The minimum absolute atomic E-state index is 0.341. The van der Waals surface area contributed by atoms with Gasteiger partial charge in [0.25, 0.3) is 0 Å². The van der Waals surface area contributed by atoms with Crippen molar-refractivity contribution in [3.05, 3.63) is 0 Å². The lowest BCUT2D eigenvalue weighted by Crippen LogP contribution is -2.42. The molecule has 2 fully saturated rings. The van der Waals surface area contributed by atoms with Crippen LogP contribution >= 0.6 is 0 Å². The molecule has 4 nitrogen and oxygen atoms in total. The maximum atomic E-state index is 11.3. The van der Waals surface area contributed by atoms with Crippen molar-refractivity contribution >= 4 is 9.84 Å². The topological polar surface area (TPSA) is 58.2 Å². The third-order valence-corrected chi connectivity index (χ3v) is 5.40. The van der Waals surface area contributed by atoms with Crippen molar-refractivity contribution in [2.24, 2.45) is 5.92 Å². The van der Waals surface area contributed by atoms with E-state index in [0.29, 0.717) is 23.5 Å². The molecule has 0 aromatic rings. The van der Waals surface area contributed by atoms with Gasteiger partial charge in [-0.25, -0.2) is 8.42 Å². The standard InChI is InChI=1S/C11H22N2O2S/c14-16(15)6-4-10(9-16)7-12-8-11-3-1-2-5-13-11/h10-13H,1-9H2. The first kappa shape index (κ1) is 12.3. The molecule has 0 bridgehead atoms. The quantitative estimate of drug-likeness (QED) is 0.741. The third-order valence-electron chi connectivity index (χ3n) is 3.56. The Kier molecular flexibility index (Phi) is 4.21. The van der Waals surface area contributed by atoms with E-state index in [4.69, 9.17) is 0 Å². The van der Waals surface area contributed by atoms with Crippen LogP contribution in [0.2, 0.25) is 0 Å². The van der Waals surface area contributed by atoms with E-state index in [1.165, 1.54) is 19.3 Å². The number of piperidine rings is 1. The van der Waals surface area contributed by atoms with Crippen LogP contribution in [0, 0.1) is 5.92 Å². The molecule has 2 N–H and O–H groups in total. The summed E-state index contributed by atoms with van der Waals surface area (Å²) < 4.78 is 22.5. The molecule has 2 heterocycles. The largest absolute Gasteiger partial charge is 0.315 e. The lowest BCUT2D eigenvalue weighted by Gasteiger charge is -2.24. The van der Waals surface area contributed by atoms with Crippen molar-refractivity contribution in [1.29, 1.82) is 0 Å². The molecule has 2 aliphatic rings. The zero-order chi connectivity index (χ0) is 11.4. The van der Waals surface area contributed by atoms with Gasteiger partial charge in [0.1, 0.15) is 0 Å². The van der Waals surface area contributed by atoms with E-state index in [2.05, 4.69) is 10.6 Å². The number of hydrogen-bond donors (Lipinski definition) is 2. The molecule has 0 spiro atoms. The van der Waals surface area contributed by atoms with Gasteiger partial charge in [0.15, 0.2) is 9.84 Å². The SMILES string of the molecule is O=S1(=O)CCC(CNCC2CCCCN2)C1. The summed E-state index contributed by atoms with van der Waals surface area (Å²) in [4.78, 5) is 0. The average molecular weight is 246 g/mol. The van der Waals surface area contributed by atoms with Crippen molar-refractivity contribution in [3.63, 3.8) is 0 Å². The van der Waals surface area contributed by atoms with Crippen LogP contribution in [0.5, 0.6) is 0 Å². The average Bonchev–Trinajstić information content (AvgIpc) is 2.60. The molecule has 0 aromatic heterocycles. The Hall–Kier alpha value is -0.130. The van der Waals surface area contributed by atoms with Crippen LogP contribution < -0.4 is 10.6 Å². The predicted octanol–water partition coefficient (Wildman–Crippen LogP) is 0.153. The number of nitrogens with one attached hydrogen (secondary N) is 2. The normalized spacial score (nSPS) is 34.0. The van der Waals surface area contributed by atoms with Gasteiger partial charge in [-0.3, -0.25) is 0 Å². The summed E-state index contributed by atoms with van der Waals surface area (Å²) in [6.07, 6.45) is 4.69. The van der Waals surface area contributed by atoms with Crippen LogP contribution in [0.15, 0.2) is 0 Å².